The lowest BCUT2D eigenvalue weighted by Crippen LogP contribution is -2.38. The Morgan fingerprint density at radius 3 is 2.43 bits per heavy atom. The molecule has 1 fully saturated rings. The van der Waals surface area contributed by atoms with Crippen LogP contribution in [0.1, 0.15) is 34.9 Å². The molecule has 0 atom stereocenters. The molecule has 2 heterocycles. The molecule has 28 heavy (non-hydrogen) atoms. The molecule has 3 aromatic rings. The zero-order valence-corrected chi connectivity index (χ0v) is 16.5. The summed E-state index contributed by atoms with van der Waals surface area (Å²) >= 11 is 12.0. The molecule has 0 radical (unpaired) electrons. The van der Waals surface area contributed by atoms with Crippen molar-refractivity contribution in [2.45, 2.75) is 18.8 Å². The molecule has 6 nitrogen and oxygen atoms in total. The van der Waals surface area contributed by atoms with E-state index in [0.29, 0.717) is 34.5 Å². The minimum Gasteiger partial charge on any atom is -0.339 e. The van der Waals surface area contributed by atoms with Gasteiger partial charge < -0.3 is 4.90 Å². The highest BCUT2D eigenvalue weighted by Crippen LogP contribution is 2.29. The van der Waals surface area contributed by atoms with E-state index in [1.807, 2.05) is 30.3 Å². The summed E-state index contributed by atoms with van der Waals surface area (Å²) in [5, 5.41) is 7.60. The first-order chi connectivity index (χ1) is 13.5. The fourth-order valence-electron chi connectivity index (χ4n) is 3.56. The summed E-state index contributed by atoms with van der Waals surface area (Å²) in [6, 6.07) is 14.3. The van der Waals surface area contributed by atoms with Crippen molar-refractivity contribution < 1.29 is 4.79 Å². The second kappa shape index (κ2) is 7.81. The Bertz CT molecular complexity index is 1050. The monoisotopic (exact) mass is 416 g/mol. The summed E-state index contributed by atoms with van der Waals surface area (Å²) in [7, 11) is 0. The third-order valence-corrected chi connectivity index (χ3v) is 5.77. The second-order valence-corrected chi connectivity index (χ2v) is 7.57. The predicted octanol–water partition coefficient (Wildman–Crippen LogP) is 3.89. The summed E-state index contributed by atoms with van der Waals surface area (Å²) in [6.07, 6.45) is 1.45. The van der Waals surface area contributed by atoms with Crippen molar-refractivity contribution in [3.63, 3.8) is 0 Å². The minimum absolute atomic E-state index is 0.0699. The largest absolute Gasteiger partial charge is 0.347 e. The molecule has 0 bridgehead atoms. The summed E-state index contributed by atoms with van der Waals surface area (Å²) in [5.41, 5.74) is 1.05. The fraction of sp³-hybridized carbons (Fsp3) is 0.250. The molecular formula is C20H18Cl2N4O2. The molecule has 0 unspecified atom stereocenters. The number of carbonyl (C=O) groups is 1. The standard InChI is InChI=1S/C20H18Cl2N4O2/c21-16-7-6-14(12-17(16)22)19(27)25-10-8-13(9-11-25)18-23-24-20(28)26(18)15-4-2-1-3-5-15/h1-7,12-13H,8-11H2,(H,24,28). The number of piperidine rings is 1. The quantitative estimate of drug-likeness (QED) is 0.703. The van der Waals surface area contributed by atoms with Gasteiger partial charge in [0.2, 0.25) is 0 Å². The van der Waals surface area contributed by atoms with Crippen LogP contribution >= 0.6 is 23.2 Å². The Morgan fingerprint density at radius 1 is 1.04 bits per heavy atom. The lowest BCUT2D eigenvalue weighted by molar-refractivity contribution is 0.0710. The van der Waals surface area contributed by atoms with E-state index >= 15 is 0 Å². The lowest BCUT2D eigenvalue weighted by atomic mass is 9.95. The van der Waals surface area contributed by atoms with Crippen molar-refractivity contribution in [1.29, 1.82) is 0 Å². The van der Waals surface area contributed by atoms with E-state index in [4.69, 9.17) is 23.2 Å². The maximum absolute atomic E-state index is 12.7. The number of amides is 1. The number of H-pyrrole nitrogens is 1. The number of hydrogen-bond acceptors (Lipinski definition) is 3. The average molecular weight is 417 g/mol. The van der Waals surface area contributed by atoms with Gasteiger partial charge in [-0.25, -0.2) is 14.5 Å². The number of hydrogen-bond donors (Lipinski definition) is 1. The van der Waals surface area contributed by atoms with Gasteiger partial charge in [-0.3, -0.25) is 4.79 Å². The molecular weight excluding hydrogens is 399 g/mol. The van der Waals surface area contributed by atoms with Crippen molar-refractivity contribution in [3.05, 3.63) is 80.4 Å². The van der Waals surface area contributed by atoms with E-state index in [9.17, 15) is 9.59 Å². The number of carbonyl (C=O) groups excluding carboxylic acids is 1. The van der Waals surface area contributed by atoms with Gasteiger partial charge in [-0.15, -0.1) is 0 Å². The van der Waals surface area contributed by atoms with Gasteiger partial charge in [-0.2, -0.15) is 5.10 Å². The van der Waals surface area contributed by atoms with E-state index in [2.05, 4.69) is 10.2 Å². The van der Waals surface area contributed by atoms with Crippen LogP contribution in [-0.4, -0.2) is 38.7 Å². The molecule has 144 valence electrons. The van der Waals surface area contributed by atoms with Crippen LogP contribution < -0.4 is 5.69 Å². The number of aromatic amines is 1. The normalized spacial score (nSPS) is 15.0. The zero-order chi connectivity index (χ0) is 19.7. The molecule has 0 saturated carbocycles. The Labute approximate surface area is 171 Å². The van der Waals surface area contributed by atoms with Crippen molar-refractivity contribution in [2.24, 2.45) is 0 Å². The molecule has 2 aromatic carbocycles. The highest BCUT2D eigenvalue weighted by Gasteiger charge is 2.28. The summed E-state index contributed by atoms with van der Waals surface area (Å²) in [4.78, 5) is 26.8. The van der Waals surface area contributed by atoms with Gasteiger partial charge in [0.25, 0.3) is 5.91 Å². The topological polar surface area (TPSA) is 71.0 Å². The van der Waals surface area contributed by atoms with Crippen molar-refractivity contribution in [3.8, 4) is 5.69 Å². The highest BCUT2D eigenvalue weighted by atomic mass is 35.5. The number of likely N-dealkylation sites (tertiary alicyclic amines) is 1. The van der Waals surface area contributed by atoms with Crippen LogP contribution in [0.4, 0.5) is 0 Å². The number of halogens is 2. The van der Waals surface area contributed by atoms with Crippen LogP contribution in [0.5, 0.6) is 0 Å². The van der Waals surface area contributed by atoms with Gasteiger partial charge in [-0.05, 0) is 43.2 Å². The summed E-state index contributed by atoms with van der Waals surface area (Å²) in [6.45, 7) is 1.17. The van der Waals surface area contributed by atoms with E-state index in [1.54, 1.807) is 27.7 Å². The molecule has 1 aliphatic heterocycles. The van der Waals surface area contributed by atoms with Crippen LogP contribution in [0.15, 0.2) is 53.3 Å². The second-order valence-electron chi connectivity index (χ2n) is 6.75. The molecule has 0 aliphatic carbocycles. The van der Waals surface area contributed by atoms with Crippen LogP contribution in [0.25, 0.3) is 5.69 Å². The van der Waals surface area contributed by atoms with E-state index in [-0.39, 0.29) is 17.5 Å². The number of aromatic nitrogens is 3. The Morgan fingerprint density at radius 2 is 1.75 bits per heavy atom. The SMILES string of the molecule is O=C(c1ccc(Cl)c(Cl)c1)N1CCC(c2n[nH]c(=O)n2-c2ccccc2)CC1. The third-order valence-electron chi connectivity index (χ3n) is 5.03. The lowest BCUT2D eigenvalue weighted by Gasteiger charge is -2.31. The molecule has 0 spiro atoms. The molecule has 1 aliphatic rings. The predicted molar refractivity (Wildman–Crippen MR) is 109 cm³/mol. The van der Waals surface area contributed by atoms with Gasteiger partial charge in [0.1, 0.15) is 5.82 Å². The van der Waals surface area contributed by atoms with Crippen LogP contribution in [0.2, 0.25) is 10.0 Å². The van der Waals surface area contributed by atoms with E-state index < -0.39 is 0 Å². The van der Waals surface area contributed by atoms with Crippen molar-refractivity contribution in [1.82, 2.24) is 19.7 Å². The number of nitrogens with one attached hydrogen (secondary N) is 1. The van der Waals surface area contributed by atoms with Gasteiger partial charge in [0.15, 0.2) is 0 Å². The third kappa shape index (κ3) is 3.57. The van der Waals surface area contributed by atoms with Crippen molar-refractivity contribution in [2.75, 3.05) is 13.1 Å². The van der Waals surface area contributed by atoms with Gasteiger partial charge >= 0.3 is 5.69 Å². The molecule has 1 saturated heterocycles. The van der Waals surface area contributed by atoms with Gasteiger partial charge in [-0.1, -0.05) is 41.4 Å². The van der Waals surface area contributed by atoms with Crippen molar-refractivity contribution >= 4 is 29.1 Å². The van der Waals surface area contributed by atoms with Gasteiger partial charge in [0.05, 0.1) is 15.7 Å². The Kier molecular flexibility index (Phi) is 5.24. The molecule has 4 rings (SSSR count). The first kappa shape index (κ1) is 18.8. The maximum atomic E-state index is 12.7. The Balaban J connectivity index is 1.50. The molecule has 1 N–H and O–H groups in total. The first-order valence-electron chi connectivity index (χ1n) is 9.01. The fourth-order valence-corrected chi connectivity index (χ4v) is 3.86. The van der Waals surface area contributed by atoms with Crippen LogP contribution in [0.3, 0.4) is 0 Å². The smallest absolute Gasteiger partial charge is 0.339 e. The van der Waals surface area contributed by atoms with Crippen LogP contribution in [-0.2, 0) is 0 Å². The minimum atomic E-state index is -0.254. The summed E-state index contributed by atoms with van der Waals surface area (Å²) in [5.74, 6) is 0.731. The highest BCUT2D eigenvalue weighted by molar-refractivity contribution is 6.42. The number of nitrogens with zero attached hydrogens (tertiary/aromatic N) is 3. The molecule has 1 aromatic heterocycles. The molecule has 8 heteroatoms. The number of rotatable bonds is 3. The average Bonchev–Trinajstić information content (AvgIpc) is 3.11. The zero-order valence-electron chi connectivity index (χ0n) is 14.9. The van der Waals surface area contributed by atoms with E-state index in [0.717, 1.165) is 18.5 Å². The number of para-hydroxylation sites is 1. The first-order valence-corrected chi connectivity index (χ1v) is 9.77. The summed E-state index contributed by atoms with van der Waals surface area (Å²) < 4.78 is 1.61. The molecule has 1 amide bonds. The number of benzene rings is 2. The van der Waals surface area contributed by atoms with Crippen LogP contribution in [0, 0.1) is 0 Å². The van der Waals surface area contributed by atoms with Gasteiger partial charge in [0, 0.05) is 24.6 Å². The Hall–Kier alpha value is -2.57. The maximum Gasteiger partial charge on any atom is 0.347 e. The van der Waals surface area contributed by atoms with E-state index in [1.165, 1.54) is 0 Å².